The Morgan fingerprint density at radius 1 is 1.40 bits per heavy atom. The van der Waals surface area contributed by atoms with Crippen LogP contribution in [0.5, 0.6) is 0 Å². The fourth-order valence-corrected chi connectivity index (χ4v) is 2.04. The summed E-state index contributed by atoms with van der Waals surface area (Å²) in [6.45, 7) is 1.89. The average molecular weight is 199 g/mol. The Morgan fingerprint density at radius 2 is 2.27 bits per heavy atom. The molecular weight excluding hydrogens is 190 g/mol. The van der Waals surface area contributed by atoms with Gasteiger partial charge in [-0.3, -0.25) is 4.79 Å². The van der Waals surface area contributed by atoms with Crippen molar-refractivity contribution in [3.63, 3.8) is 0 Å². The molecule has 0 saturated carbocycles. The molecule has 2 aromatic rings. The molecule has 0 aliphatic heterocycles. The molecule has 15 heavy (non-hydrogen) atoms. The van der Waals surface area contributed by atoms with E-state index in [0.717, 1.165) is 27.7 Å². The first-order valence-corrected chi connectivity index (χ1v) is 4.83. The lowest BCUT2D eigenvalue weighted by atomic mass is 10.1. The number of benzene rings is 1. The summed E-state index contributed by atoms with van der Waals surface area (Å²) in [6, 6.07) is 3.66. The normalized spacial score (nSPS) is 17.7. The third-order valence-corrected chi connectivity index (χ3v) is 2.85. The molecule has 1 N–H and O–H groups in total. The zero-order chi connectivity index (χ0) is 10.4. The van der Waals surface area contributed by atoms with Crippen LogP contribution in [0.1, 0.15) is 22.8 Å². The maximum absolute atomic E-state index is 11.9. The molecule has 4 nitrogen and oxygen atoms in total. The average Bonchev–Trinajstić information content (AvgIpc) is 2.82. The van der Waals surface area contributed by atoms with E-state index >= 15 is 0 Å². The number of Topliss-reactive ketones (excluding diaryl/α,β-unsaturated/α-hetero) is 1. The van der Waals surface area contributed by atoms with E-state index < -0.39 is 0 Å². The topological polar surface area (TPSA) is 58.6 Å². The van der Waals surface area contributed by atoms with Gasteiger partial charge >= 0.3 is 0 Å². The highest BCUT2D eigenvalue weighted by atomic mass is 16.1. The van der Waals surface area contributed by atoms with Crippen molar-refractivity contribution in [3.8, 4) is 0 Å². The molecule has 74 valence electrons. The second-order valence-corrected chi connectivity index (χ2v) is 3.60. The number of allylic oxidation sites excluding steroid dienone is 2. The number of hydrogen-bond acceptors (Lipinski definition) is 3. The quantitative estimate of drug-likeness (QED) is 0.656. The van der Waals surface area contributed by atoms with Gasteiger partial charge in [-0.05, 0) is 24.6 Å². The number of nitrogens with one attached hydrogen (secondary N) is 1. The molecule has 0 saturated heterocycles. The summed E-state index contributed by atoms with van der Waals surface area (Å²) >= 11 is 0. The molecule has 0 atom stereocenters. The lowest BCUT2D eigenvalue weighted by Gasteiger charge is -1.94. The summed E-state index contributed by atoms with van der Waals surface area (Å²) < 4.78 is 0. The summed E-state index contributed by atoms with van der Waals surface area (Å²) in [5, 5.41) is 10.7. The number of carbonyl (C=O) groups is 1. The van der Waals surface area contributed by atoms with Crippen molar-refractivity contribution < 1.29 is 4.79 Å². The largest absolute Gasteiger partial charge is 0.289 e. The van der Waals surface area contributed by atoms with Crippen LogP contribution >= 0.6 is 0 Å². The maximum Gasteiger partial charge on any atom is 0.189 e. The number of hydrogen-bond donors (Lipinski definition) is 1. The van der Waals surface area contributed by atoms with Gasteiger partial charge in [-0.15, -0.1) is 0 Å². The first-order valence-electron chi connectivity index (χ1n) is 4.83. The molecule has 1 aromatic carbocycles. The fraction of sp³-hybridized carbons (Fsp3) is 0.182. The van der Waals surface area contributed by atoms with Gasteiger partial charge in [0, 0.05) is 17.6 Å². The van der Waals surface area contributed by atoms with Crippen LogP contribution in [0, 0.1) is 0 Å². The predicted octanol–water partition coefficient (Wildman–Crippen LogP) is 1.64. The Bertz CT molecular complexity index is 595. The molecule has 1 heterocycles. The summed E-state index contributed by atoms with van der Waals surface area (Å²) in [5.74, 6) is 0.123. The molecule has 1 aromatic heterocycles. The first kappa shape index (κ1) is 8.35. The van der Waals surface area contributed by atoms with Crippen molar-refractivity contribution >= 4 is 16.8 Å². The number of ketones is 1. The highest BCUT2D eigenvalue weighted by Gasteiger charge is 2.26. The van der Waals surface area contributed by atoms with Crippen molar-refractivity contribution in [1.82, 2.24) is 15.4 Å². The number of H-pyrrole nitrogens is 1. The Labute approximate surface area is 86.0 Å². The van der Waals surface area contributed by atoms with E-state index in [1.807, 2.05) is 25.1 Å². The van der Waals surface area contributed by atoms with Crippen LogP contribution in [0.15, 0.2) is 23.8 Å². The molecular formula is C11H9N3O. The zero-order valence-corrected chi connectivity index (χ0v) is 8.24. The van der Waals surface area contributed by atoms with Crippen LogP contribution in [0.3, 0.4) is 0 Å². The first-order chi connectivity index (χ1) is 7.31. The fourth-order valence-electron chi connectivity index (χ4n) is 2.04. The number of rotatable bonds is 0. The second kappa shape index (κ2) is 2.76. The maximum atomic E-state index is 11.9. The van der Waals surface area contributed by atoms with Crippen molar-refractivity contribution in [3.05, 3.63) is 34.9 Å². The lowest BCUT2D eigenvalue weighted by Crippen LogP contribution is -1.94. The van der Waals surface area contributed by atoms with Gasteiger partial charge in [-0.1, -0.05) is 6.08 Å². The van der Waals surface area contributed by atoms with Gasteiger partial charge < -0.3 is 0 Å². The smallest absolute Gasteiger partial charge is 0.189 e. The van der Waals surface area contributed by atoms with E-state index in [9.17, 15) is 4.79 Å². The summed E-state index contributed by atoms with van der Waals surface area (Å²) in [4.78, 5) is 11.9. The van der Waals surface area contributed by atoms with E-state index in [0.29, 0.717) is 6.42 Å². The van der Waals surface area contributed by atoms with Crippen molar-refractivity contribution in [1.29, 1.82) is 0 Å². The highest BCUT2D eigenvalue weighted by Crippen LogP contribution is 2.30. The second-order valence-electron chi connectivity index (χ2n) is 3.60. The molecule has 0 unspecified atom stereocenters. The number of aromatic nitrogens is 3. The third-order valence-electron chi connectivity index (χ3n) is 2.85. The highest BCUT2D eigenvalue weighted by molar-refractivity contribution is 6.15. The minimum atomic E-state index is 0.123. The molecule has 1 aliphatic carbocycles. The van der Waals surface area contributed by atoms with E-state index in [2.05, 4.69) is 15.4 Å². The van der Waals surface area contributed by atoms with Gasteiger partial charge in [0.1, 0.15) is 11.0 Å². The van der Waals surface area contributed by atoms with Gasteiger partial charge in [0.25, 0.3) is 0 Å². The molecule has 1 aliphatic rings. The standard InChI is InChI=1S/C11H9N3O/c1-2-6-5-8-7(11(6)15)3-4-9-10(8)13-14-12-9/h2-4H,5H2,1H3,(H,12,13,14)/b6-2+. The van der Waals surface area contributed by atoms with E-state index in [4.69, 9.17) is 0 Å². The van der Waals surface area contributed by atoms with Crippen LogP contribution < -0.4 is 0 Å². The van der Waals surface area contributed by atoms with Crippen LogP contribution in [0.4, 0.5) is 0 Å². The Kier molecular flexibility index (Phi) is 1.54. The van der Waals surface area contributed by atoms with Crippen molar-refractivity contribution in [2.75, 3.05) is 0 Å². The summed E-state index contributed by atoms with van der Waals surface area (Å²) in [5.41, 5.74) is 4.25. The minimum Gasteiger partial charge on any atom is -0.289 e. The van der Waals surface area contributed by atoms with Gasteiger partial charge in [-0.2, -0.15) is 15.4 Å². The molecule has 0 amide bonds. The van der Waals surface area contributed by atoms with Gasteiger partial charge in [-0.25, -0.2) is 0 Å². The van der Waals surface area contributed by atoms with E-state index in [1.165, 1.54) is 0 Å². The predicted molar refractivity (Wildman–Crippen MR) is 55.7 cm³/mol. The van der Waals surface area contributed by atoms with Gasteiger partial charge in [0.05, 0.1) is 0 Å². The molecule has 3 rings (SSSR count). The van der Waals surface area contributed by atoms with Crippen molar-refractivity contribution in [2.24, 2.45) is 0 Å². The van der Waals surface area contributed by atoms with E-state index in [-0.39, 0.29) is 5.78 Å². The number of fused-ring (bicyclic) bond motifs is 3. The Balaban J connectivity index is 2.36. The number of carbonyl (C=O) groups excluding carboxylic acids is 1. The monoisotopic (exact) mass is 199 g/mol. The summed E-state index contributed by atoms with van der Waals surface area (Å²) in [7, 11) is 0. The molecule has 0 bridgehead atoms. The van der Waals surface area contributed by atoms with Crippen molar-refractivity contribution in [2.45, 2.75) is 13.3 Å². The summed E-state index contributed by atoms with van der Waals surface area (Å²) in [6.07, 6.45) is 2.54. The lowest BCUT2D eigenvalue weighted by molar-refractivity contribution is 0.103. The zero-order valence-electron chi connectivity index (χ0n) is 8.24. The van der Waals surface area contributed by atoms with Gasteiger partial charge in [0.15, 0.2) is 5.78 Å². The number of aromatic amines is 1. The van der Waals surface area contributed by atoms with Crippen LogP contribution in [-0.2, 0) is 6.42 Å². The molecule has 0 fully saturated rings. The van der Waals surface area contributed by atoms with Gasteiger partial charge in [0.2, 0.25) is 0 Å². The third kappa shape index (κ3) is 0.986. The number of nitrogens with zero attached hydrogens (tertiary/aromatic N) is 2. The Morgan fingerprint density at radius 3 is 3.07 bits per heavy atom. The Hall–Kier alpha value is -1.97. The van der Waals surface area contributed by atoms with E-state index in [1.54, 1.807) is 0 Å². The SMILES string of the molecule is C/C=C1\Cc2c(ccc3n[nH]nc23)C1=O. The van der Waals surface area contributed by atoms with Crippen LogP contribution in [0.2, 0.25) is 0 Å². The molecule has 4 heteroatoms. The molecule has 0 radical (unpaired) electrons. The van der Waals surface area contributed by atoms with Crippen LogP contribution in [-0.4, -0.2) is 21.2 Å². The minimum absolute atomic E-state index is 0.123. The van der Waals surface area contributed by atoms with Crippen LogP contribution in [0.25, 0.3) is 11.0 Å². The molecule has 0 spiro atoms.